The van der Waals surface area contributed by atoms with Gasteiger partial charge in [0, 0.05) is 18.7 Å². The Labute approximate surface area is 91.1 Å². The van der Waals surface area contributed by atoms with E-state index in [1.165, 1.54) is 0 Å². The highest BCUT2D eigenvalue weighted by atomic mass is 16.5. The van der Waals surface area contributed by atoms with Gasteiger partial charge in [0.25, 0.3) is 0 Å². The van der Waals surface area contributed by atoms with E-state index < -0.39 is 0 Å². The Hall–Kier alpha value is -1.16. The average molecular weight is 209 g/mol. The van der Waals surface area contributed by atoms with Gasteiger partial charge < -0.3 is 10.1 Å². The Morgan fingerprint density at radius 3 is 2.67 bits per heavy atom. The largest absolute Gasteiger partial charge is 0.480 e. The lowest BCUT2D eigenvalue weighted by Gasteiger charge is -2.19. The van der Waals surface area contributed by atoms with Crippen LogP contribution in [0, 0.1) is 5.92 Å². The van der Waals surface area contributed by atoms with E-state index in [1.807, 2.05) is 7.05 Å². The fourth-order valence-electron chi connectivity index (χ4n) is 1.48. The number of rotatable bonds is 5. The molecule has 0 spiro atoms. The van der Waals surface area contributed by atoms with Gasteiger partial charge in [0.15, 0.2) is 0 Å². The van der Waals surface area contributed by atoms with E-state index in [4.69, 9.17) is 4.74 Å². The minimum atomic E-state index is 0.423. The summed E-state index contributed by atoms with van der Waals surface area (Å²) in [5.74, 6) is 1.15. The molecule has 1 atom stereocenters. The summed E-state index contributed by atoms with van der Waals surface area (Å²) in [6.07, 6.45) is 4.28. The van der Waals surface area contributed by atoms with Crippen LogP contribution in [-0.2, 0) is 6.42 Å². The quantitative estimate of drug-likeness (QED) is 0.793. The normalized spacial score (nSPS) is 12.9. The van der Waals surface area contributed by atoms with Gasteiger partial charge in [0.1, 0.15) is 0 Å². The van der Waals surface area contributed by atoms with Crippen LogP contribution in [0.5, 0.6) is 5.88 Å². The van der Waals surface area contributed by atoms with E-state index in [0.29, 0.717) is 17.8 Å². The second kappa shape index (κ2) is 5.66. The molecule has 0 fully saturated rings. The lowest BCUT2D eigenvalue weighted by molar-refractivity contribution is 0.387. The highest BCUT2D eigenvalue weighted by Crippen LogP contribution is 2.10. The Balaban J connectivity index is 2.70. The van der Waals surface area contributed by atoms with Gasteiger partial charge in [-0.1, -0.05) is 13.8 Å². The van der Waals surface area contributed by atoms with Crippen LogP contribution in [0.2, 0.25) is 0 Å². The summed E-state index contributed by atoms with van der Waals surface area (Å²) < 4.78 is 5.04. The van der Waals surface area contributed by atoms with Gasteiger partial charge in [0.2, 0.25) is 5.88 Å². The van der Waals surface area contributed by atoms with E-state index in [1.54, 1.807) is 19.5 Å². The predicted molar refractivity (Wildman–Crippen MR) is 60.0 cm³/mol. The number of aromatic nitrogens is 2. The monoisotopic (exact) mass is 209 g/mol. The molecule has 0 aliphatic heterocycles. The van der Waals surface area contributed by atoms with Crippen LogP contribution in [-0.4, -0.2) is 30.2 Å². The number of likely N-dealkylation sites (N-methyl/N-ethyl adjacent to an activating group) is 1. The van der Waals surface area contributed by atoms with Crippen molar-refractivity contribution in [3.05, 3.63) is 18.1 Å². The van der Waals surface area contributed by atoms with E-state index in [-0.39, 0.29) is 0 Å². The van der Waals surface area contributed by atoms with Gasteiger partial charge in [-0.3, -0.25) is 4.98 Å². The minimum Gasteiger partial charge on any atom is -0.480 e. The van der Waals surface area contributed by atoms with Crippen molar-refractivity contribution in [2.75, 3.05) is 14.2 Å². The molecule has 1 unspecified atom stereocenters. The third-order valence-electron chi connectivity index (χ3n) is 2.48. The molecule has 0 aliphatic rings. The Bertz CT molecular complexity index is 302. The molecule has 0 aliphatic carbocycles. The summed E-state index contributed by atoms with van der Waals surface area (Å²) in [4.78, 5) is 8.42. The van der Waals surface area contributed by atoms with Crippen molar-refractivity contribution in [2.45, 2.75) is 26.3 Å². The van der Waals surface area contributed by atoms with Gasteiger partial charge in [-0.2, -0.15) is 0 Å². The number of hydrogen-bond donors (Lipinski definition) is 1. The van der Waals surface area contributed by atoms with Crippen molar-refractivity contribution in [3.63, 3.8) is 0 Å². The zero-order chi connectivity index (χ0) is 11.3. The van der Waals surface area contributed by atoms with Crippen LogP contribution >= 0.6 is 0 Å². The second-order valence-corrected chi connectivity index (χ2v) is 3.90. The van der Waals surface area contributed by atoms with E-state index >= 15 is 0 Å². The van der Waals surface area contributed by atoms with Crippen LogP contribution in [0.3, 0.4) is 0 Å². The Morgan fingerprint density at radius 2 is 2.13 bits per heavy atom. The first-order chi connectivity index (χ1) is 7.17. The molecule has 0 aromatic carbocycles. The molecule has 84 valence electrons. The Kier molecular flexibility index (Phi) is 4.49. The molecule has 1 heterocycles. The molecule has 15 heavy (non-hydrogen) atoms. The molecular weight excluding hydrogens is 190 g/mol. The predicted octanol–water partition coefficient (Wildman–Crippen LogP) is 1.27. The van der Waals surface area contributed by atoms with Crippen molar-refractivity contribution < 1.29 is 4.74 Å². The fraction of sp³-hybridized carbons (Fsp3) is 0.636. The maximum atomic E-state index is 5.04. The van der Waals surface area contributed by atoms with Gasteiger partial charge in [-0.25, -0.2) is 4.98 Å². The summed E-state index contributed by atoms with van der Waals surface area (Å²) in [5, 5.41) is 3.28. The molecular formula is C11H19N3O. The van der Waals surface area contributed by atoms with Crippen molar-refractivity contribution in [3.8, 4) is 5.88 Å². The smallest absolute Gasteiger partial charge is 0.232 e. The van der Waals surface area contributed by atoms with E-state index in [9.17, 15) is 0 Å². The van der Waals surface area contributed by atoms with Crippen LogP contribution in [0.25, 0.3) is 0 Å². The van der Waals surface area contributed by atoms with Crippen LogP contribution in [0.4, 0.5) is 0 Å². The summed E-state index contributed by atoms with van der Waals surface area (Å²) in [5.41, 5.74) is 0.961. The third kappa shape index (κ3) is 3.47. The van der Waals surface area contributed by atoms with Crippen molar-refractivity contribution in [1.82, 2.24) is 15.3 Å². The second-order valence-electron chi connectivity index (χ2n) is 3.90. The van der Waals surface area contributed by atoms with Crippen molar-refractivity contribution in [1.29, 1.82) is 0 Å². The molecule has 4 nitrogen and oxygen atoms in total. The van der Waals surface area contributed by atoms with Crippen LogP contribution < -0.4 is 10.1 Å². The third-order valence-corrected chi connectivity index (χ3v) is 2.48. The summed E-state index contributed by atoms with van der Waals surface area (Å²) in [6, 6.07) is 0.423. The molecule has 1 N–H and O–H groups in total. The van der Waals surface area contributed by atoms with Gasteiger partial charge in [-0.05, 0) is 13.0 Å². The first-order valence-electron chi connectivity index (χ1n) is 5.19. The number of hydrogen-bond acceptors (Lipinski definition) is 4. The highest BCUT2D eigenvalue weighted by Gasteiger charge is 2.12. The molecule has 0 saturated carbocycles. The maximum absolute atomic E-state index is 5.04. The molecule has 1 aromatic heterocycles. The standard InChI is InChI=1S/C11H19N3O/c1-8(2)10(12-3)5-9-6-13-7-11(14-9)15-4/h6-8,10,12H,5H2,1-4H3. The maximum Gasteiger partial charge on any atom is 0.232 e. The number of methoxy groups -OCH3 is 1. The molecule has 0 radical (unpaired) electrons. The molecule has 0 bridgehead atoms. The van der Waals surface area contributed by atoms with E-state index in [0.717, 1.165) is 12.1 Å². The molecule has 4 heteroatoms. The number of nitrogens with one attached hydrogen (secondary N) is 1. The minimum absolute atomic E-state index is 0.423. The fourth-order valence-corrected chi connectivity index (χ4v) is 1.48. The molecule has 0 amide bonds. The molecule has 0 saturated heterocycles. The van der Waals surface area contributed by atoms with E-state index in [2.05, 4.69) is 29.1 Å². The van der Waals surface area contributed by atoms with Crippen molar-refractivity contribution in [2.24, 2.45) is 5.92 Å². The van der Waals surface area contributed by atoms with Crippen molar-refractivity contribution >= 4 is 0 Å². The lowest BCUT2D eigenvalue weighted by atomic mass is 10.00. The summed E-state index contributed by atoms with van der Waals surface area (Å²) in [6.45, 7) is 4.38. The highest BCUT2D eigenvalue weighted by molar-refractivity contribution is 5.09. The van der Waals surface area contributed by atoms with Crippen LogP contribution in [0.15, 0.2) is 12.4 Å². The van der Waals surface area contributed by atoms with Crippen LogP contribution in [0.1, 0.15) is 19.5 Å². The lowest BCUT2D eigenvalue weighted by Crippen LogP contribution is -2.33. The van der Waals surface area contributed by atoms with Gasteiger partial charge >= 0.3 is 0 Å². The summed E-state index contributed by atoms with van der Waals surface area (Å²) >= 11 is 0. The van der Waals surface area contributed by atoms with Gasteiger partial charge in [0.05, 0.1) is 19.0 Å². The zero-order valence-corrected chi connectivity index (χ0v) is 9.82. The first-order valence-corrected chi connectivity index (χ1v) is 5.19. The zero-order valence-electron chi connectivity index (χ0n) is 9.82. The topological polar surface area (TPSA) is 47.0 Å². The SMILES string of the molecule is CNC(Cc1cncc(OC)n1)C(C)C. The molecule has 1 aromatic rings. The average Bonchev–Trinajstić information content (AvgIpc) is 2.25. The van der Waals surface area contributed by atoms with Gasteiger partial charge in [-0.15, -0.1) is 0 Å². The Morgan fingerprint density at radius 1 is 1.40 bits per heavy atom. The first kappa shape index (κ1) is 11.9. The number of ether oxygens (including phenoxy) is 1. The number of nitrogens with zero attached hydrogens (tertiary/aromatic N) is 2. The molecule has 1 rings (SSSR count). The summed E-state index contributed by atoms with van der Waals surface area (Å²) in [7, 11) is 3.57.